The maximum Gasteiger partial charge on any atom is 0.122 e. The summed E-state index contributed by atoms with van der Waals surface area (Å²) in [6.45, 7) is 3.47. The molecule has 4 nitrogen and oxygen atoms in total. The summed E-state index contributed by atoms with van der Waals surface area (Å²) < 4.78 is 5.27. The first-order valence-corrected chi connectivity index (χ1v) is 4.84. The highest BCUT2D eigenvalue weighted by molar-refractivity contribution is 5.97. The molecular weight excluding hydrogens is 166 g/mol. The van der Waals surface area contributed by atoms with Crippen molar-refractivity contribution in [1.82, 2.24) is 4.90 Å². The fourth-order valence-corrected chi connectivity index (χ4v) is 1.73. The Labute approximate surface area is 78.1 Å². The van der Waals surface area contributed by atoms with Crippen molar-refractivity contribution in [2.75, 3.05) is 26.3 Å². The molecule has 4 heteroatoms. The van der Waals surface area contributed by atoms with E-state index in [-0.39, 0.29) is 0 Å². The molecule has 13 heavy (non-hydrogen) atoms. The summed E-state index contributed by atoms with van der Waals surface area (Å²) in [6, 6.07) is 0. The van der Waals surface area contributed by atoms with Crippen LogP contribution in [0.25, 0.3) is 0 Å². The van der Waals surface area contributed by atoms with E-state index in [1.54, 1.807) is 0 Å². The first kappa shape index (κ1) is 8.69. The van der Waals surface area contributed by atoms with Crippen molar-refractivity contribution in [1.29, 1.82) is 5.41 Å². The average molecular weight is 181 g/mol. The maximum absolute atomic E-state index is 7.49. The van der Waals surface area contributed by atoms with Crippen LogP contribution in [0.15, 0.2) is 4.99 Å². The fourth-order valence-electron chi connectivity index (χ4n) is 1.73. The minimum Gasteiger partial charge on any atom is -0.378 e. The molecule has 2 aliphatic rings. The van der Waals surface area contributed by atoms with E-state index in [9.17, 15) is 0 Å². The summed E-state index contributed by atoms with van der Waals surface area (Å²) in [4.78, 5) is 6.52. The SMILES string of the molecule is N=C1CCCC(N2CCOCC2)=N1. The third kappa shape index (κ3) is 2.06. The highest BCUT2D eigenvalue weighted by atomic mass is 16.5. The Bertz CT molecular complexity index is 231. The predicted octanol–water partition coefficient (Wildman–Crippen LogP) is 0.878. The van der Waals surface area contributed by atoms with Gasteiger partial charge in [-0.25, -0.2) is 4.99 Å². The van der Waals surface area contributed by atoms with Gasteiger partial charge in [-0.15, -0.1) is 0 Å². The topological polar surface area (TPSA) is 48.7 Å². The number of ether oxygens (including phenoxy) is 1. The minimum atomic E-state index is 0.535. The first-order valence-electron chi connectivity index (χ1n) is 4.84. The van der Waals surface area contributed by atoms with E-state index in [1.807, 2.05) is 0 Å². The van der Waals surface area contributed by atoms with Crippen LogP contribution in [-0.4, -0.2) is 42.9 Å². The van der Waals surface area contributed by atoms with E-state index in [0.717, 1.165) is 51.4 Å². The Morgan fingerprint density at radius 3 is 2.69 bits per heavy atom. The number of rotatable bonds is 0. The van der Waals surface area contributed by atoms with Crippen LogP contribution in [0.1, 0.15) is 19.3 Å². The van der Waals surface area contributed by atoms with Gasteiger partial charge in [0, 0.05) is 25.9 Å². The molecule has 0 aromatic rings. The van der Waals surface area contributed by atoms with Crippen molar-refractivity contribution < 1.29 is 4.74 Å². The number of nitrogens with one attached hydrogen (secondary N) is 1. The molecule has 2 aliphatic heterocycles. The molecule has 1 N–H and O–H groups in total. The Hall–Kier alpha value is -0.900. The van der Waals surface area contributed by atoms with Crippen LogP contribution in [0, 0.1) is 5.41 Å². The third-order valence-electron chi connectivity index (χ3n) is 2.45. The van der Waals surface area contributed by atoms with Gasteiger partial charge < -0.3 is 9.64 Å². The van der Waals surface area contributed by atoms with E-state index in [1.165, 1.54) is 0 Å². The predicted molar refractivity (Wildman–Crippen MR) is 51.4 cm³/mol. The molecule has 1 saturated heterocycles. The first-order chi connectivity index (χ1) is 6.36. The van der Waals surface area contributed by atoms with Crippen LogP contribution in [0.2, 0.25) is 0 Å². The lowest BCUT2D eigenvalue weighted by Gasteiger charge is -2.31. The zero-order valence-electron chi connectivity index (χ0n) is 7.75. The number of nitrogens with zero attached hydrogens (tertiary/aromatic N) is 2. The standard InChI is InChI=1S/C9H15N3O/c10-8-2-1-3-9(11-8)12-4-6-13-7-5-12/h10H,1-7H2. The van der Waals surface area contributed by atoms with Crippen LogP contribution in [0.4, 0.5) is 0 Å². The highest BCUT2D eigenvalue weighted by Crippen LogP contribution is 2.12. The van der Waals surface area contributed by atoms with E-state index >= 15 is 0 Å². The highest BCUT2D eigenvalue weighted by Gasteiger charge is 2.17. The molecule has 0 saturated carbocycles. The van der Waals surface area contributed by atoms with Crippen molar-refractivity contribution in [2.45, 2.75) is 19.3 Å². The molecule has 2 heterocycles. The summed E-state index contributed by atoms with van der Waals surface area (Å²) in [5.41, 5.74) is 0. The summed E-state index contributed by atoms with van der Waals surface area (Å²) in [6.07, 6.45) is 2.95. The van der Waals surface area contributed by atoms with Crippen LogP contribution in [0.3, 0.4) is 0 Å². The molecule has 0 aliphatic carbocycles. The molecule has 0 atom stereocenters. The molecule has 0 unspecified atom stereocenters. The summed E-state index contributed by atoms with van der Waals surface area (Å²) >= 11 is 0. The third-order valence-corrected chi connectivity index (χ3v) is 2.45. The van der Waals surface area contributed by atoms with Gasteiger partial charge in [0.2, 0.25) is 0 Å². The fraction of sp³-hybridized carbons (Fsp3) is 0.778. The summed E-state index contributed by atoms with van der Waals surface area (Å²) in [5, 5.41) is 7.49. The van der Waals surface area contributed by atoms with Gasteiger partial charge in [0.05, 0.1) is 13.2 Å². The second-order valence-electron chi connectivity index (χ2n) is 3.43. The summed E-state index contributed by atoms with van der Waals surface area (Å²) in [5.74, 6) is 1.63. The summed E-state index contributed by atoms with van der Waals surface area (Å²) in [7, 11) is 0. The van der Waals surface area contributed by atoms with Crippen molar-refractivity contribution in [3.05, 3.63) is 0 Å². The van der Waals surface area contributed by atoms with Crippen LogP contribution >= 0.6 is 0 Å². The van der Waals surface area contributed by atoms with Crippen molar-refractivity contribution in [3.8, 4) is 0 Å². The maximum atomic E-state index is 7.49. The lowest BCUT2D eigenvalue weighted by molar-refractivity contribution is 0.0671. The molecule has 0 spiro atoms. The quantitative estimate of drug-likeness (QED) is 0.603. The van der Waals surface area contributed by atoms with Gasteiger partial charge in [0.25, 0.3) is 0 Å². The number of hydrogen-bond donors (Lipinski definition) is 1. The Kier molecular flexibility index (Phi) is 2.59. The molecule has 0 amide bonds. The van der Waals surface area contributed by atoms with Crippen LogP contribution < -0.4 is 0 Å². The van der Waals surface area contributed by atoms with Gasteiger partial charge in [-0.05, 0) is 6.42 Å². The van der Waals surface area contributed by atoms with E-state index in [4.69, 9.17) is 10.1 Å². The molecule has 72 valence electrons. The number of hydrogen-bond acceptors (Lipinski definition) is 3. The van der Waals surface area contributed by atoms with Gasteiger partial charge in [-0.2, -0.15) is 0 Å². The van der Waals surface area contributed by atoms with Gasteiger partial charge in [-0.1, -0.05) is 0 Å². The van der Waals surface area contributed by atoms with Gasteiger partial charge in [-0.3, -0.25) is 5.41 Å². The second-order valence-corrected chi connectivity index (χ2v) is 3.43. The Morgan fingerprint density at radius 1 is 1.23 bits per heavy atom. The van der Waals surface area contributed by atoms with E-state index in [2.05, 4.69) is 9.89 Å². The molecule has 0 aromatic carbocycles. The van der Waals surface area contributed by atoms with Gasteiger partial charge in [0.15, 0.2) is 0 Å². The largest absolute Gasteiger partial charge is 0.378 e. The smallest absolute Gasteiger partial charge is 0.122 e. The molecule has 2 rings (SSSR count). The molecule has 0 aromatic heterocycles. The second kappa shape index (κ2) is 3.87. The van der Waals surface area contributed by atoms with E-state index < -0.39 is 0 Å². The zero-order valence-corrected chi connectivity index (χ0v) is 7.75. The van der Waals surface area contributed by atoms with Crippen molar-refractivity contribution in [3.63, 3.8) is 0 Å². The van der Waals surface area contributed by atoms with Gasteiger partial charge >= 0.3 is 0 Å². The van der Waals surface area contributed by atoms with Crippen LogP contribution in [0.5, 0.6) is 0 Å². The van der Waals surface area contributed by atoms with Crippen molar-refractivity contribution in [2.24, 2.45) is 4.99 Å². The Balaban J connectivity index is 2.01. The molecule has 0 bridgehead atoms. The Morgan fingerprint density at radius 2 is 2.00 bits per heavy atom. The average Bonchev–Trinajstić information content (AvgIpc) is 2.19. The minimum absolute atomic E-state index is 0.535. The molecular formula is C9H15N3O. The molecule has 0 radical (unpaired) electrons. The lowest BCUT2D eigenvalue weighted by Crippen LogP contribution is -2.41. The monoisotopic (exact) mass is 181 g/mol. The zero-order chi connectivity index (χ0) is 9.10. The number of amidine groups is 2. The van der Waals surface area contributed by atoms with Crippen molar-refractivity contribution >= 4 is 11.7 Å². The lowest BCUT2D eigenvalue weighted by atomic mass is 10.1. The number of aliphatic imine (C=N–C) groups is 1. The van der Waals surface area contributed by atoms with E-state index in [0.29, 0.717) is 5.84 Å². The normalized spacial score (nSPS) is 24.5. The van der Waals surface area contributed by atoms with Gasteiger partial charge in [0.1, 0.15) is 11.7 Å². The number of morpholine rings is 1. The molecule has 1 fully saturated rings. The van der Waals surface area contributed by atoms with Crippen LogP contribution in [-0.2, 0) is 4.74 Å².